The second-order valence-corrected chi connectivity index (χ2v) is 8.41. The van der Waals surface area contributed by atoms with Gasteiger partial charge in [-0.3, -0.25) is 9.59 Å². The minimum atomic E-state index is -0.0464. The quantitative estimate of drug-likeness (QED) is 0.779. The van der Waals surface area contributed by atoms with Gasteiger partial charge >= 0.3 is 0 Å². The Balaban J connectivity index is 1.52. The Bertz CT molecular complexity index is 779. The normalized spacial score (nSPS) is 14.9. The zero-order chi connectivity index (χ0) is 20.1. The van der Waals surface area contributed by atoms with Crippen LogP contribution in [0.3, 0.4) is 0 Å². The van der Waals surface area contributed by atoms with Gasteiger partial charge in [0.2, 0.25) is 5.91 Å². The number of likely N-dealkylation sites (tertiary alicyclic amines) is 1. The highest BCUT2D eigenvalue weighted by Gasteiger charge is 2.28. The molecule has 5 nitrogen and oxygen atoms in total. The molecule has 1 N–H and O–H groups in total. The summed E-state index contributed by atoms with van der Waals surface area (Å²) in [6.07, 6.45) is 1.41. The van der Waals surface area contributed by atoms with Gasteiger partial charge in [0.25, 0.3) is 5.91 Å². The van der Waals surface area contributed by atoms with E-state index in [-0.39, 0.29) is 17.7 Å². The first-order chi connectivity index (χ1) is 13.5. The van der Waals surface area contributed by atoms with Gasteiger partial charge in [-0.1, -0.05) is 6.07 Å². The summed E-state index contributed by atoms with van der Waals surface area (Å²) >= 11 is 1.47. The number of hydrogen-bond acceptors (Lipinski definition) is 4. The van der Waals surface area contributed by atoms with Crippen molar-refractivity contribution in [3.05, 3.63) is 46.7 Å². The molecule has 0 spiro atoms. The van der Waals surface area contributed by atoms with Crippen LogP contribution in [0.25, 0.3) is 0 Å². The highest BCUT2D eigenvalue weighted by atomic mass is 32.1. The number of thiophene rings is 1. The monoisotopic (exact) mass is 399 g/mol. The van der Waals surface area contributed by atoms with Crippen LogP contribution >= 0.6 is 11.3 Å². The number of hydrogen-bond donors (Lipinski definition) is 1. The molecule has 0 unspecified atom stereocenters. The van der Waals surface area contributed by atoms with Crippen molar-refractivity contribution >= 4 is 34.5 Å². The summed E-state index contributed by atoms with van der Waals surface area (Å²) in [6.45, 7) is 8.71. The topological polar surface area (TPSA) is 52.7 Å². The Labute approximate surface area is 171 Å². The van der Waals surface area contributed by atoms with Gasteiger partial charge in [0, 0.05) is 43.0 Å². The number of carbonyl (C=O) groups is 2. The summed E-state index contributed by atoms with van der Waals surface area (Å²) in [5.41, 5.74) is 1.99. The van der Waals surface area contributed by atoms with Gasteiger partial charge in [0.1, 0.15) is 0 Å². The van der Waals surface area contributed by atoms with E-state index in [1.807, 2.05) is 34.5 Å². The molecule has 2 aromatic rings. The molecule has 1 aliphatic rings. The number of rotatable bonds is 6. The average Bonchev–Trinajstić information content (AvgIpc) is 3.24. The summed E-state index contributed by atoms with van der Waals surface area (Å²) in [5, 5.41) is 4.95. The molecule has 1 fully saturated rings. The van der Waals surface area contributed by atoms with Crippen LogP contribution in [0, 0.1) is 5.92 Å². The van der Waals surface area contributed by atoms with E-state index in [9.17, 15) is 9.59 Å². The molecule has 150 valence electrons. The second-order valence-electron chi connectivity index (χ2n) is 7.46. The third-order valence-corrected chi connectivity index (χ3v) is 6.17. The minimum Gasteiger partial charge on any atom is -0.369 e. The molecule has 1 aromatic heterocycles. The van der Waals surface area contributed by atoms with Crippen LogP contribution in [-0.4, -0.2) is 42.4 Å². The Morgan fingerprint density at radius 2 is 1.86 bits per heavy atom. The highest BCUT2D eigenvalue weighted by molar-refractivity contribution is 7.12. The summed E-state index contributed by atoms with van der Waals surface area (Å²) in [7, 11) is 0. The van der Waals surface area contributed by atoms with Gasteiger partial charge in [-0.15, -0.1) is 11.3 Å². The first-order valence-corrected chi connectivity index (χ1v) is 10.9. The highest BCUT2D eigenvalue weighted by Crippen LogP contribution is 2.24. The number of nitrogens with one attached hydrogen (secondary N) is 1. The zero-order valence-corrected chi connectivity index (χ0v) is 17.7. The van der Waals surface area contributed by atoms with Crippen molar-refractivity contribution in [2.24, 2.45) is 5.92 Å². The molecule has 0 bridgehead atoms. The van der Waals surface area contributed by atoms with E-state index >= 15 is 0 Å². The van der Waals surface area contributed by atoms with E-state index < -0.39 is 0 Å². The van der Waals surface area contributed by atoms with Gasteiger partial charge < -0.3 is 15.1 Å². The summed E-state index contributed by atoms with van der Waals surface area (Å²) in [5.74, 6) is 0.0807. The Morgan fingerprint density at radius 3 is 2.39 bits per heavy atom. The lowest BCUT2D eigenvalue weighted by atomic mass is 9.95. The van der Waals surface area contributed by atoms with Crippen molar-refractivity contribution in [3.63, 3.8) is 0 Å². The van der Waals surface area contributed by atoms with E-state index in [4.69, 9.17) is 0 Å². The van der Waals surface area contributed by atoms with Crippen LogP contribution in [0.4, 0.5) is 11.4 Å². The van der Waals surface area contributed by atoms with Crippen LogP contribution in [0.1, 0.15) is 43.3 Å². The fourth-order valence-electron chi connectivity index (χ4n) is 3.73. The average molecular weight is 400 g/mol. The Morgan fingerprint density at radius 1 is 1.18 bits per heavy atom. The van der Waals surface area contributed by atoms with E-state index in [0.29, 0.717) is 32.0 Å². The molecule has 2 amide bonds. The first kappa shape index (κ1) is 20.4. The Kier molecular flexibility index (Phi) is 6.73. The van der Waals surface area contributed by atoms with Crippen molar-refractivity contribution in [1.82, 2.24) is 4.90 Å². The van der Waals surface area contributed by atoms with Gasteiger partial charge in [-0.2, -0.15) is 0 Å². The number of anilines is 2. The molecule has 1 aromatic carbocycles. The van der Waals surface area contributed by atoms with E-state index in [1.54, 1.807) is 0 Å². The second kappa shape index (κ2) is 9.24. The van der Waals surface area contributed by atoms with Crippen LogP contribution < -0.4 is 10.2 Å². The number of piperidine rings is 1. The number of carbonyl (C=O) groups excluding carboxylic acids is 2. The maximum Gasteiger partial charge on any atom is 0.263 e. The molecule has 0 radical (unpaired) electrons. The molecule has 0 aliphatic carbocycles. The van der Waals surface area contributed by atoms with Gasteiger partial charge in [0.15, 0.2) is 0 Å². The molecule has 1 saturated heterocycles. The van der Waals surface area contributed by atoms with E-state index in [2.05, 4.69) is 43.1 Å². The lowest BCUT2D eigenvalue weighted by molar-refractivity contribution is -0.121. The number of benzene rings is 1. The van der Waals surface area contributed by atoms with Crippen molar-refractivity contribution in [2.45, 2.75) is 39.7 Å². The molecule has 6 heteroatoms. The fourth-order valence-corrected chi connectivity index (χ4v) is 4.42. The first-order valence-electron chi connectivity index (χ1n) is 10.00. The zero-order valence-electron chi connectivity index (χ0n) is 16.9. The van der Waals surface area contributed by atoms with Crippen LogP contribution in [0.2, 0.25) is 0 Å². The molecular formula is C22H29N3O2S. The minimum absolute atomic E-state index is 0.0464. The lowest BCUT2D eigenvalue weighted by Crippen LogP contribution is -2.41. The van der Waals surface area contributed by atoms with E-state index in [0.717, 1.165) is 22.8 Å². The standard InChI is InChI=1S/C22H29N3O2S/c1-4-25(16(2)3)19-9-7-18(8-10-19)23-21(26)17-11-13-24(14-12-17)22(27)20-6-5-15-28-20/h5-10,15-17H,4,11-14H2,1-3H3,(H,23,26). The molecule has 0 saturated carbocycles. The third-order valence-electron chi connectivity index (χ3n) is 5.32. The van der Waals surface area contributed by atoms with Gasteiger partial charge in [0.05, 0.1) is 4.88 Å². The van der Waals surface area contributed by atoms with Crippen molar-refractivity contribution in [2.75, 3.05) is 29.9 Å². The van der Waals surface area contributed by atoms with Crippen LogP contribution in [0.5, 0.6) is 0 Å². The predicted octanol–water partition coefficient (Wildman–Crippen LogP) is 4.47. The smallest absolute Gasteiger partial charge is 0.263 e. The molecule has 0 atom stereocenters. The summed E-state index contributed by atoms with van der Waals surface area (Å²) < 4.78 is 0. The lowest BCUT2D eigenvalue weighted by Gasteiger charge is -2.31. The molecule has 28 heavy (non-hydrogen) atoms. The SMILES string of the molecule is CCN(c1ccc(NC(=O)C2CCN(C(=O)c3cccs3)CC2)cc1)C(C)C. The number of nitrogens with zero attached hydrogens (tertiary/aromatic N) is 2. The van der Waals surface area contributed by atoms with Crippen molar-refractivity contribution in [3.8, 4) is 0 Å². The summed E-state index contributed by atoms with van der Waals surface area (Å²) in [4.78, 5) is 30.0. The van der Waals surface area contributed by atoms with Crippen LogP contribution in [-0.2, 0) is 4.79 Å². The molecule has 3 rings (SSSR count). The predicted molar refractivity (Wildman–Crippen MR) is 116 cm³/mol. The summed E-state index contributed by atoms with van der Waals surface area (Å²) in [6, 6.07) is 12.2. The maximum atomic E-state index is 12.6. The van der Waals surface area contributed by atoms with Crippen molar-refractivity contribution in [1.29, 1.82) is 0 Å². The van der Waals surface area contributed by atoms with Crippen molar-refractivity contribution < 1.29 is 9.59 Å². The fraction of sp³-hybridized carbons (Fsp3) is 0.455. The van der Waals surface area contributed by atoms with E-state index in [1.165, 1.54) is 11.3 Å². The number of amides is 2. The maximum absolute atomic E-state index is 12.6. The van der Waals surface area contributed by atoms with Gasteiger partial charge in [-0.25, -0.2) is 0 Å². The molecule has 2 heterocycles. The third kappa shape index (κ3) is 4.73. The largest absolute Gasteiger partial charge is 0.369 e. The molecular weight excluding hydrogens is 370 g/mol. The van der Waals surface area contributed by atoms with Gasteiger partial charge in [-0.05, 0) is 69.3 Å². The molecule has 1 aliphatic heterocycles. The Hall–Kier alpha value is -2.34. The van der Waals surface area contributed by atoms with Crippen LogP contribution in [0.15, 0.2) is 41.8 Å².